The maximum atomic E-state index is 11.5. The number of hydrogen-bond donors (Lipinski definition) is 1. The van der Waals surface area contributed by atoms with Crippen LogP contribution < -0.4 is 4.72 Å². The predicted molar refractivity (Wildman–Crippen MR) is 69.6 cm³/mol. The standard InChI is InChI=1S/C9H8Cl2N4O2S/c10-4-18(16,17)14-8-3-7(11)1-2-9(8)15-6-12-5-13-15/h1-3,5-6,14H,4H2. The third-order valence-electron chi connectivity index (χ3n) is 2.03. The molecule has 0 saturated heterocycles. The van der Waals surface area contributed by atoms with Gasteiger partial charge in [-0.15, -0.1) is 11.6 Å². The van der Waals surface area contributed by atoms with Gasteiger partial charge in [0.05, 0.1) is 11.4 Å². The fourth-order valence-corrected chi connectivity index (χ4v) is 2.21. The van der Waals surface area contributed by atoms with Crippen LogP contribution >= 0.6 is 23.2 Å². The van der Waals surface area contributed by atoms with Crippen LogP contribution in [0.15, 0.2) is 30.9 Å². The van der Waals surface area contributed by atoms with E-state index in [9.17, 15) is 8.42 Å². The molecule has 1 N–H and O–H groups in total. The third kappa shape index (κ3) is 2.92. The second kappa shape index (κ2) is 5.13. The lowest BCUT2D eigenvalue weighted by molar-refractivity contribution is 0.605. The number of alkyl halides is 1. The summed E-state index contributed by atoms with van der Waals surface area (Å²) in [4.78, 5) is 3.79. The molecule has 1 heterocycles. The van der Waals surface area contributed by atoms with Gasteiger partial charge < -0.3 is 0 Å². The second-order valence-corrected chi connectivity index (χ2v) is 6.07. The lowest BCUT2D eigenvalue weighted by Gasteiger charge is -2.11. The average Bonchev–Trinajstić information content (AvgIpc) is 2.82. The Morgan fingerprint density at radius 2 is 2.17 bits per heavy atom. The van der Waals surface area contributed by atoms with Crippen molar-refractivity contribution < 1.29 is 8.42 Å². The fourth-order valence-electron chi connectivity index (χ4n) is 1.32. The molecule has 1 aromatic heterocycles. The molecule has 0 aliphatic carbocycles. The number of nitrogens with zero attached hydrogens (tertiary/aromatic N) is 3. The van der Waals surface area contributed by atoms with Crippen LogP contribution in [-0.2, 0) is 10.0 Å². The van der Waals surface area contributed by atoms with E-state index in [0.717, 1.165) is 0 Å². The van der Waals surface area contributed by atoms with Crippen molar-refractivity contribution in [2.75, 3.05) is 9.93 Å². The summed E-state index contributed by atoms with van der Waals surface area (Å²) in [6.45, 7) is 0. The molecule has 0 bridgehead atoms. The summed E-state index contributed by atoms with van der Waals surface area (Å²) in [6.07, 6.45) is 2.79. The van der Waals surface area contributed by atoms with Crippen molar-refractivity contribution in [3.05, 3.63) is 35.9 Å². The van der Waals surface area contributed by atoms with Crippen LogP contribution in [0.4, 0.5) is 5.69 Å². The Hall–Kier alpha value is -1.31. The normalized spacial score (nSPS) is 11.4. The van der Waals surface area contributed by atoms with E-state index in [1.807, 2.05) is 0 Å². The smallest absolute Gasteiger partial charge is 0.246 e. The highest BCUT2D eigenvalue weighted by Gasteiger charge is 2.13. The highest BCUT2D eigenvalue weighted by molar-refractivity contribution is 7.93. The van der Waals surface area contributed by atoms with Crippen molar-refractivity contribution in [1.29, 1.82) is 0 Å². The molecule has 0 spiro atoms. The lowest BCUT2D eigenvalue weighted by Crippen LogP contribution is -2.15. The Kier molecular flexibility index (Phi) is 3.74. The van der Waals surface area contributed by atoms with Crippen LogP contribution in [0.2, 0.25) is 5.02 Å². The summed E-state index contributed by atoms with van der Waals surface area (Å²) < 4.78 is 26.7. The van der Waals surface area contributed by atoms with Gasteiger partial charge in [-0.3, -0.25) is 4.72 Å². The van der Waals surface area contributed by atoms with Crippen LogP contribution in [0.1, 0.15) is 0 Å². The molecule has 2 rings (SSSR count). The van der Waals surface area contributed by atoms with Gasteiger partial charge in [-0.1, -0.05) is 11.6 Å². The van der Waals surface area contributed by atoms with Gasteiger partial charge in [0.1, 0.15) is 17.9 Å². The molecular formula is C9H8Cl2N4O2S. The van der Waals surface area contributed by atoms with Gasteiger partial charge in [0.15, 0.2) is 0 Å². The molecule has 0 radical (unpaired) electrons. The lowest BCUT2D eigenvalue weighted by atomic mass is 10.3. The Balaban J connectivity index is 2.48. The van der Waals surface area contributed by atoms with Gasteiger partial charge in [0, 0.05) is 5.02 Å². The average molecular weight is 307 g/mol. The van der Waals surface area contributed by atoms with E-state index < -0.39 is 15.2 Å². The first-order valence-corrected chi connectivity index (χ1v) is 7.29. The highest BCUT2D eigenvalue weighted by Crippen LogP contribution is 2.25. The molecule has 0 aliphatic rings. The van der Waals surface area contributed by atoms with Crippen molar-refractivity contribution in [2.45, 2.75) is 0 Å². The number of halogens is 2. The van der Waals surface area contributed by atoms with Gasteiger partial charge in [-0.2, -0.15) is 5.10 Å². The SMILES string of the molecule is O=S(=O)(CCl)Nc1cc(Cl)ccc1-n1cncn1. The van der Waals surface area contributed by atoms with E-state index in [4.69, 9.17) is 23.2 Å². The summed E-state index contributed by atoms with van der Waals surface area (Å²) in [7, 11) is -3.61. The largest absolute Gasteiger partial charge is 0.280 e. The summed E-state index contributed by atoms with van der Waals surface area (Å²) in [5.74, 6) is 0. The van der Waals surface area contributed by atoms with Crippen molar-refractivity contribution >= 4 is 38.9 Å². The maximum Gasteiger partial charge on any atom is 0.246 e. The van der Waals surface area contributed by atoms with Crippen LogP contribution in [0, 0.1) is 0 Å². The number of hydrogen-bond acceptors (Lipinski definition) is 4. The van der Waals surface area contributed by atoms with E-state index in [1.54, 1.807) is 12.1 Å². The second-order valence-electron chi connectivity index (χ2n) is 3.33. The number of anilines is 1. The molecule has 18 heavy (non-hydrogen) atoms. The Morgan fingerprint density at radius 1 is 1.39 bits per heavy atom. The quantitative estimate of drug-likeness (QED) is 0.875. The molecule has 0 aliphatic heterocycles. The van der Waals surface area contributed by atoms with Gasteiger partial charge in [0.2, 0.25) is 10.0 Å². The van der Waals surface area contributed by atoms with Gasteiger partial charge >= 0.3 is 0 Å². The van der Waals surface area contributed by atoms with Crippen LogP contribution in [0.25, 0.3) is 5.69 Å². The van der Waals surface area contributed by atoms with Crippen molar-refractivity contribution in [3.8, 4) is 5.69 Å². The molecule has 2 aromatic rings. The highest BCUT2D eigenvalue weighted by atomic mass is 35.5. The Labute approximate surface area is 114 Å². The summed E-state index contributed by atoms with van der Waals surface area (Å²) in [6, 6.07) is 4.73. The maximum absolute atomic E-state index is 11.5. The number of rotatable bonds is 4. The monoisotopic (exact) mass is 306 g/mol. The van der Waals surface area contributed by atoms with Crippen molar-refractivity contribution in [2.24, 2.45) is 0 Å². The molecule has 6 nitrogen and oxygen atoms in total. The third-order valence-corrected chi connectivity index (χ3v) is 3.95. The number of benzene rings is 1. The van der Waals surface area contributed by atoms with Gasteiger partial charge in [-0.25, -0.2) is 18.1 Å². The summed E-state index contributed by atoms with van der Waals surface area (Å²) in [5, 5.41) is 3.78. The first-order chi connectivity index (χ1) is 8.52. The minimum atomic E-state index is -3.61. The van der Waals surface area contributed by atoms with E-state index in [-0.39, 0.29) is 5.69 Å². The molecule has 96 valence electrons. The number of nitrogens with one attached hydrogen (secondary N) is 1. The van der Waals surface area contributed by atoms with E-state index in [1.165, 1.54) is 23.4 Å². The van der Waals surface area contributed by atoms with Crippen LogP contribution in [-0.4, -0.2) is 28.4 Å². The number of aromatic nitrogens is 3. The van der Waals surface area contributed by atoms with Gasteiger partial charge in [-0.05, 0) is 18.2 Å². The summed E-state index contributed by atoms with van der Waals surface area (Å²) in [5.41, 5.74) is 0.791. The first kappa shape index (κ1) is 13.1. The fraction of sp³-hybridized carbons (Fsp3) is 0.111. The molecular weight excluding hydrogens is 299 g/mol. The van der Waals surface area contributed by atoms with Crippen molar-refractivity contribution in [1.82, 2.24) is 14.8 Å². The zero-order valence-electron chi connectivity index (χ0n) is 8.92. The Morgan fingerprint density at radius 3 is 2.78 bits per heavy atom. The zero-order chi connectivity index (χ0) is 13.2. The first-order valence-electron chi connectivity index (χ1n) is 4.73. The van der Waals surface area contributed by atoms with E-state index in [0.29, 0.717) is 10.7 Å². The number of sulfonamides is 1. The minimum Gasteiger partial charge on any atom is -0.280 e. The topological polar surface area (TPSA) is 76.9 Å². The minimum absolute atomic E-state index is 0.286. The molecule has 0 fully saturated rings. The van der Waals surface area contributed by atoms with Gasteiger partial charge in [0.25, 0.3) is 0 Å². The zero-order valence-corrected chi connectivity index (χ0v) is 11.2. The van der Waals surface area contributed by atoms with Crippen LogP contribution in [0.5, 0.6) is 0 Å². The van der Waals surface area contributed by atoms with Crippen molar-refractivity contribution in [3.63, 3.8) is 0 Å². The molecule has 0 saturated carbocycles. The predicted octanol–water partition coefficient (Wildman–Crippen LogP) is 1.86. The van der Waals surface area contributed by atoms with Crippen LogP contribution in [0.3, 0.4) is 0 Å². The molecule has 0 amide bonds. The van der Waals surface area contributed by atoms with E-state index in [2.05, 4.69) is 14.8 Å². The molecule has 0 unspecified atom stereocenters. The molecule has 9 heteroatoms. The van der Waals surface area contributed by atoms with E-state index >= 15 is 0 Å². The summed E-state index contributed by atoms with van der Waals surface area (Å²) >= 11 is 11.2. The Bertz CT molecular complexity index is 643. The molecule has 1 aromatic carbocycles. The molecule has 0 atom stereocenters.